The number of benzene rings is 1. The molecule has 8 N–H and O–H groups in total. The normalized spacial score (nSPS) is 29.6. The van der Waals surface area contributed by atoms with E-state index in [1.54, 1.807) is 0 Å². The van der Waals surface area contributed by atoms with Crippen molar-refractivity contribution in [3.63, 3.8) is 0 Å². The van der Waals surface area contributed by atoms with Crippen LogP contribution >= 0.6 is 0 Å². The van der Waals surface area contributed by atoms with Crippen molar-refractivity contribution >= 4 is 11.4 Å². The van der Waals surface area contributed by atoms with Crippen LogP contribution in [0.15, 0.2) is 12.1 Å². The Morgan fingerprint density at radius 2 is 1.20 bits per heavy atom. The molecule has 4 heteroatoms. The fourth-order valence-corrected chi connectivity index (χ4v) is 4.20. The Morgan fingerprint density at radius 1 is 0.760 bits per heavy atom. The van der Waals surface area contributed by atoms with Gasteiger partial charge < -0.3 is 22.9 Å². The van der Waals surface area contributed by atoms with E-state index in [9.17, 15) is 0 Å². The van der Waals surface area contributed by atoms with Crippen molar-refractivity contribution in [2.45, 2.75) is 83.7 Å². The summed E-state index contributed by atoms with van der Waals surface area (Å²) in [6, 6.07) is 4.81. The Morgan fingerprint density at radius 3 is 1.60 bits per heavy atom. The third-order valence-corrected chi connectivity index (χ3v) is 6.22. The van der Waals surface area contributed by atoms with Crippen molar-refractivity contribution in [2.24, 2.45) is 23.3 Å². The van der Waals surface area contributed by atoms with Crippen LogP contribution in [0.2, 0.25) is 0 Å². The number of nitrogen functional groups attached to an aromatic ring is 2. The lowest BCUT2D eigenvalue weighted by Gasteiger charge is -2.32. The molecule has 0 aromatic heterocycles. The molecule has 1 aromatic carbocycles. The second kappa shape index (κ2) is 9.44. The Bertz CT molecular complexity index is 480. The van der Waals surface area contributed by atoms with Gasteiger partial charge in [-0.05, 0) is 101 Å². The summed E-state index contributed by atoms with van der Waals surface area (Å²) in [6.07, 6.45) is 12.0. The fraction of sp³-hybridized carbons (Fsp3) is 0.714. The summed E-state index contributed by atoms with van der Waals surface area (Å²) >= 11 is 0. The van der Waals surface area contributed by atoms with Crippen LogP contribution in [0.4, 0.5) is 11.4 Å². The molecule has 0 amide bonds. The Balaban J connectivity index is 0.000000196. The predicted octanol–water partition coefficient (Wildman–Crippen LogP) is 3.88. The topological polar surface area (TPSA) is 104 Å². The van der Waals surface area contributed by atoms with E-state index in [2.05, 4.69) is 0 Å². The van der Waals surface area contributed by atoms with Crippen molar-refractivity contribution in [3.8, 4) is 0 Å². The standard InChI is InChI=1S/C13H26N2.C8H12N2/c14-12-5-1-10(2-6-12)9-11-3-7-13(15)8-4-11;1-5-3-4-7(9)6(2)8(5)10/h10-13H,1-9,14-15H2;3-4H,9-10H2,1-2H3. The molecule has 0 heterocycles. The van der Waals surface area contributed by atoms with E-state index in [-0.39, 0.29) is 0 Å². The summed E-state index contributed by atoms with van der Waals surface area (Å²) in [5, 5.41) is 0. The second-order valence-corrected chi connectivity index (χ2v) is 8.31. The highest BCUT2D eigenvalue weighted by Crippen LogP contribution is 2.34. The van der Waals surface area contributed by atoms with Gasteiger partial charge in [0.15, 0.2) is 0 Å². The summed E-state index contributed by atoms with van der Waals surface area (Å²) in [5.41, 5.74) is 26.8. The zero-order chi connectivity index (χ0) is 18.4. The van der Waals surface area contributed by atoms with Crippen molar-refractivity contribution in [2.75, 3.05) is 11.5 Å². The molecule has 25 heavy (non-hydrogen) atoms. The molecule has 142 valence electrons. The molecule has 0 bridgehead atoms. The maximum atomic E-state index is 5.93. The molecule has 0 aliphatic heterocycles. The summed E-state index contributed by atoms with van der Waals surface area (Å²) in [6.45, 7) is 3.90. The molecule has 0 radical (unpaired) electrons. The zero-order valence-corrected chi connectivity index (χ0v) is 16.1. The summed E-state index contributed by atoms with van der Waals surface area (Å²) in [4.78, 5) is 0. The molecule has 0 unspecified atom stereocenters. The second-order valence-electron chi connectivity index (χ2n) is 8.31. The molecular weight excluding hydrogens is 308 g/mol. The first-order valence-corrected chi connectivity index (χ1v) is 9.99. The van der Waals surface area contributed by atoms with Gasteiger partial charge in [0.05, 0.1) is 0 Å². The smallest absolute Gasteiger partial charge is 0.0394 e. The van der Waals surface area contributed by atoms with Gasteiger partial charge in [-0.2, -0.15) is 0 Å². The van der Waals surface area contributed by atoms with E-state index in [4.69, 9.17) is 22.9 Å². The third kappa shape index (κ3) is 6.19. The zero-order valence-electron chi connectivity index (χ0n) is 16.1. The molecule has 1 aromatic rings. The van der Waals surface area contributed by atoms with Crippen LogP contribution < -0.4 is 22.9 Å². The number of aryl methyl sites for hydroxylation is 1. The Kier molecular flexibility index (Phi) is 7.57. The first-order valence-electron chi connectivity index (χ1n) is 9.99. The molecule has 0 atom stereocenters. The Labute approximate surface area is 153 Å². The fourth-order valence-electron chi connectivity index (χ4n) is 4.20. The van der Waals surface area contributed by atoms with Gasteiger partial charge >= 0.3 is 0 Å². The number of rotatable bonds is 2. The monoisotopic (exact) mass is 346 g/mol. The third-order valence-electron chi connectivity index (χ3n) is 6.22. The average Bonchev–Trinajstić information content (AvgIpc) is 2.61. The van der Waals surface area contributed by atoms with E-state index in [0.717, 1.165) is 34.3 Å². The van der Waals surface area contributed by atoms with Gasteiger partial charge in [0, 0.05) is 23.5 Å². The molecule has 0 spiro atoms. The molecule has 4 nitrogen and oxygen atoms in total. The van der Waals surface area contributed by atoms with Gasteiger partial charge in [-0.15, -0.1) is 0 Å². The minimum atomic E-state index is 0.501. The minimum absolute atomic E-state index is 0.501. The molecule has 2 aliphatic rings. The highest BCUT2D eigenvalue weighted by atomic mass is 14.6. The first kappa shape index (κ1) is 20.1. The van der Waals surface area contributed by atoms with E-state index in [0.29, 0.717) is 12.1 Å². The maximum Gasteiger partial charge on any atom is 0.0394 e. The number of nitrogens with two attached hydrogens (primary N) is 4. The lowest BCUT2D eigenvalue weighted by Crippen LogP contribution is -2.30. The number of anilines is 2. The van der Waals surface area contributed by atoms with Gasteiger partial charge in [0.25, 0.3) is 0 Å². The first-order chi connectivity index (χ1) is 11.9. The van der Waals surface area contributed by atoms with Crippen LogP contribution in [0, 0.1) is 25.7 Å². The molecule has 2 aliphatic carbocycles. The predicted molar refractivity (Wildman–Crippen MR) is 109 cm³/mol. The number of hydrogen-bond acceptors (Lipinski definition) is 4. The van der Waals surface area contributed by atoms with Crippen LogP contribution in [-0.2, 0) is 0 Å². The SMILES string of the molecule is Cc1ccc(N)c(C)c1N.NC1CCC(CC2CCC(N)CC2)CC1. The highest BCUT2D eigenvalue weighted by molar-refractivity contribution is 5.64. The maximum absolute atomic E-state index is 5.93. The van der Waals surface area contributed by atoms with Crippen LogP contribution in [-0.4, -0.2) is 12.1 Å². The highest BCUT2D eigenvalue weighted by Gasteiger charge is 2.24. The van der Waals surface area contributed by atoms with Gasteiger partial charge in [-0.3, -0.25) is 0 Å². The average molecular weight is 347 g/mol. The Hall–Kier alpha value is -1.26. The van der Waals surface area contributed by atoms with Gasteiger partial charge in [0.1, 0.15) is 0 Å². The molecular formula is C21H38N4. The lowest BCUT2D eigenvalue weighted by molar-refractivity contribution is 0.225. The lowest BCUT2D eigenvalue weighted by atomic mass is 9.76. The molecule has 2 fully saturated rings. The van der Waals surface area contributed by atoms with Crippen molar-refractivity contribution in [1.29, 1.82) is 0 Å². The van der Waals surface area contributed by atoms with E-state index >= 15 is 0 Å². The largest absolute Gasteiger partial charge is 0.398 e. The molecule has 2 saturated carbocycles. The summed E-state index contributed by atoms with van der Waals surface area (Å²) in [5.74, 6) is 1.95. The van der Waals surface area contributed by atoms with Gasteiger partial charge in [-0.1, -0.05) is 6.07 Å². The van der Waals surface area contributed by atoms with Crippen LogP contribution in [0.5, 0.6) is 0 Å². The summed E-state index contributed by atoms with van der Waals surface area (Å²) in [7, 11) is 0. The van der Waals surface area contributed by atoms with E-state index in [1.165, 1.54) is 57.8 Å². The molecule has 0 saturated heterocycles. The summed E-state index contributed by atoms with van der Waals surface area (Å²) < 4.78 is 0. The van der Waals surface area contributed by atoms with Gasteiger partial charge in [-0.25, -0.2) is 0 Å². The van der Waals surface area contributed by atoms with Crippen LogP contribution in [0.25, 0.3) is 0 Å². The van der Waals surface area contributed by atoms with Crippen molar-refractivity contribution < 1.29 is 0 Å². The minimum Gasteiger partial charge on any atom is -0.398 e. The van der Waals surface area contributed by atoms with Crippen molar-refractivity contribution in [3.05, 3.63) is 23.3 Å². The van der Waals surface area contributed by atoms with Crippen molar-refractivity contribution in [1.82, 2.24) is 0 Å². The van der Waals surface area contributed by atoms with E-state index in [1.807, 2.05) is 26.0 Å². The van der Waals surface area contributed by atoms with Crippen LogP contribution in [0.3, 0.4) is 0 Å². The molecule has 3 rings (SSSR count). The van der Waals surface area contributed by atoms with E-state index < -0.39 is 0 Å². The van der Waals surface area contributed by atoms with Crippen LogP contribution in [0.1, 0.15) is 68.9 Å². The quantitative estimate of drug-likeness (QED) is 0.610. The number of hydrogen-bond donors (Lipinski definition) is 4. The van der Waals surface area contributed by atoms with Gasteiger partial charge in [0.2, 0.25) is 0 Å².